The summed E-state index contributed by atoms with van der Waals surface area (Å²) < 4.78 is 61.6. The summed E-state index contributed by atoms with van der Waals surface area (Å²) in [7, 11) is 0. The molecule has 0 aromatic carbocycles. The van der Waals surface area contributed by atoms with Crippen molar-refractivity contribution in [2.45, 2.75) is 32.0 Å². The van der Waals surface area contributed by atoms with E-state index in [9.17, 15) is 31.5 Å². The van der Waals surface area contributed by atoms with Crippen LogP contribution in [0.25, 0.3) is 0 Å². The summed E-state index contributed by atoms with van der Waals surface area (Å²) in [6.07, 6.45) is -5.35. The number of aliphatic carboxylic acids is 1. The first kappa shape index (κ1) is 15.6. The van der Waals surface area contributed by atoms with Crippen LogP contribution in [0.4, 0.5) is 22.0 Å². The minimum absolute atomic E-state index is 0.983. The van der Waals surface area contributed by atoms with Gasteiger partial charge in [0.15, 0.2) is 0 Å². The average Bonchev–Trinajstić information content (AvgIpc) is 2.10. The minimum Gasteiger partial charge on any atom is -0.477 e. The number of hydrogen-bond acceptors (Lipinski definition) is 2. The van der Waals surface area contributed by atoms with Crippen LogP contribution in [0.15, 0.2) is 0 Å². The van der Waals surface area contributed by atoms with E-state index in [1.807, 2.05) is 0 Å². The summed E-state index contributed by atoms with van der Waals surface area (Å²) in [4.78, 5) is 20.7. The van der Waals surface area contributed by atoms with Crippen molar-refractivity contribution in [3.8, 4) is 0 Å². The van der Waals surface area contributed by atoms with Gasteiger partial charge in [0.2, 0.25) is 0 Å². The Morgan fingerprint density at radius 2 is 1.53 bits per heavy atom. The molecule has 17 heavy (non-hydrogen) atoms. The highest BCUT2D eigenvalue weighted by molar-refractivity contribution is 5.84. The summed E-state index contributed by atoms with van der Waals surface area (Å²) in [5.41, 5.74) is 0. The standard InChI is InChI=1S/C8H10F5NO3/c1-3(2)4(7(9,10)6(16)17)14-5(15)8(11,12)13/h3-4H,1-2H3,(H,14,15)(H,16,17). The van der Waals surface area contributed by atoms with Gasteiger partial charge in [-0.25, -0.2) is 4.79 Å². The van der Waals surface area contributed by atoms with Crippen LogP contribution in [0, 0.1) is 5.92 Å². The van der Waals surface area contributed by atoms with Crippen LogP contribution in [-0.4, -0.2) is 35.1 Å². The highest BCUT2D eigenvalue weighted by Gasteiger charge is 2.52. The molecule has 0 aliphatic carbocycles. The third kappa shape index (κ3) is 3.82. The highest BCUT2D eigenvalue weighted by atomic mass is 19.4. The Hall–Kier alpha value is -1.41. The fourth-order valence-corrected chi connectivity index (χ4v) is 1.03. The van der Waals surface area contributed by atoms with Crippen molar-refractivity contribution in [2.24, 2.45) is 5.92 Å². The lowest BCUT2D eigenvalue weighted by molar-refractivity contribution is -0.183. The summed E-state index contributed by atoms with van der Waals surface area (Å²) >= 11 is 0. The van der Waals surface area contributed by atoms with Crippen LogP contribution >= 0.6 is 0 Å². The largest absolute Gasteiger partial charge is 0.477 e. The van der Waals surface area contributed by atoms with E-state index in [1.54, 1.807) is 0 Å². The summed E-state index contributed by atoms with van der Waals surface area (Å²) in [5, 5.41) is 9.18. The number of hydrogen-bond donors (Lipinski definition) is 2. The monoisotopic (exact) mass is 263 g/mol. The van der Waals surface area contributed by atoms with Crippen LogP contribution in [0.3, 0.4) is 0 Å². The highest BCUT2D eigenvalue weighted by Crippen LogP contribution is 2.26. The molecule has 1 atom stereocenters. The third-order valence-electron chi connectivity index (χ3n) is 1.89. The minimum atomic E-state index is -5.35. The number of carbonyl (C=O) groups is 2. The first-order valence-electron chi connectivity index (χ1n) is 4.39. The molecule has 1 amide bonds. The quantitative estimate of drug-likeness (QED) is 0.753. The molecule has 0 saturated carbocycles. The molecule has 0 aromatic heterocycles. The Balaban J connectivity index is 5.04. The van der Waals surface area contributed by atoms with E-state index in [0.29, 0.717) is 0 Å². The lowest BCUT2D eigenvalue weighted by Crippen LogP contribution is -2.57. The second-order valence-corrected chi connectivity index (χ2v) is 3.62. The topological polar surface area (TPSA) is 66.4 Å². The first-order valence-corrected chi connectivity index (χ1v) is 4.39. The van der Waals surface area contributed by atoms with Gasteiger partial charge < -0.3 is 10.4 Å². The zero-order valence-electron chi connectivity index (χ0n) is 8.81. The Morgan fingerprint density at radius 3 is 1.76 bits per heavy atom. The molecule has 0 aliphatic rings. The molecule has 0 spiro atoms. The van der Waals surface area contributed by atoms with Gasteiger partial charge in [-0.15, -0.1) is 0 Å². The summed E-state index contributed by atoms with van der Waals surface area (Å²) in [5.74, 6) is -10.9. The molecule has 4 nitrogen and oxygen atoms in total. The molecule has 1 unspecified atom stereocenters. The Labute approximate surface area is 92.8 Å². The molecule has 0 radical (unpaired) electrons. The molecular formula is C8H10F5NO3. The predicted octanol–water partition coefficient (Wildman–Crippen LogP) is 1.41. The maximum atomic E-state index is 13.0. The molecular weight excluding hydrogens is 253 g/mol. The van der Waals surface area contributed by atoms with Crippen molar-refractivity contribution in [1.82, 2.24) is 5.32 Å². The molecule has 0 aliphatic heterocycles. The van der Waals surface area contributed by atoms with E-state index in [4.69, 9.17) is 5.11 Å². The first-order chi connectivity index (χ1) is 7.40. The fourth-order valence-electron chi connectivity index (χ4n) is 1.03. The SMILES string of the molecule is CC(C)C(NC(=O)C(F)(F)F)C(F)(F)C(=O)O. The van der Waals surface area contributed by atoms with Gasteiger partial charge in [0.1, 0.15) is 6.04 Å². The number of carbonyl (C=O) groups excluding carboxylic acids is 1. The van der Waals surface area contributed by atoms with Crippen molar-refractivity contribution >= 4 is 11.9 Å². The number of nitrogens with one attached hydrogen (secondary N) is 1. The summed E-state index contributed by atoms with van der Waals surface area (Å²) in [6.45, 7) is 2.14. The zero-order chi connectivity index (χ0) is 14.0. The number of carboxylic acids is 1. The molecule has 100 valence electrons. The molecule has 9 heteroatoms. The van der Waals surface area contributed by atoms with Crippen LogP contribution in [0.5, 0.6) is 0 Å². The van der Waals surface area contributed by atoms with Gasteiger partial charge >= 0.3 is 24.0 Å². The lowest BCUT2D eigenvalue weighted by Gasteiger charge is -2.27. The maximum absolute atomic E-state index is 13.0. The maximum Gasteiger partial charge on any atom is 0.471 e. The number of alkyl halides is 5. The second-order valence-electron chi connectivity index (χ2n) is 3.62. The van der Waals surface area contributed by atoms with E-state index in [0.717, 1.165) is 19.2 Å². The van der Waals surface area contributed by atoms with Crippen LogP contribution in [0.2, 0.25) is 0 Å². The van der Waals surface area contributed by atoms with Crippen molar-refractivity contribution in [1.29, 1.82) is 0 Å². The van der Waals surface area contributed by atoms with Crippen molar-refractivity contribution in [3.63, 3.8) is 0 Å². The van der Waals surface area contributed by atoms with Gasteiger partial charge in [-0.05, 0) is 5.92 Å². The van der Waals surface area contributed by atoms with E-state index < -0.39 is 35.9 Å². The van der Waals surface area contributed by atoms with Gasteiger partial charge in [-0.3, -0.25) is 4.79 Å². The molecule has 0 aromatic rings. The Bertz CT molecular complexity index is 313. The van der Waals surface area contributed by atoms with Gasteiger partial charge in [-0.1, -0.05) is 13.8 Å². The third-order valence-corrected chi connectivity index (χ3v) is 1.89. The van der Waals surface area contributed by atoms with Crippen molar-refractivity contribution in [2.75, 3.05) is 0 Å². The number of carboxylic acid groups (broad SMARTS) is 1. The van der Waals surface area contributed by atoms with Gasteiger partial charge in [0.05, 0.1) is 0 Å². The van der Waals surface area contributed by atoms with Crippen molar-refractivity contribution in [3.05, 3.63) is 0 Å². The van der Waals surface area contributed by atoms with E-state index in [-0.39, 0.29) is 0 Å². The van der Waals surface area contributed by atoms with Gasteiger partial charge in [0.25, 0.3) is 0 Å². The molecule has 0 fully saturated rings. The van der Waals surface area contributed by atoms with Gasteiger partial charge in [-0.2, -0.15) is 22.0 Å². The number of rotatable bonds is 4. The van der Waals surface area contributed by atoms with E-state index in [1.165, 1.54) is 0 Å². The lowest BCUT2D eigenvalue weighted by atomic mass is 9.97. The normalized spacial score (nSPS) is 14.6. The van der Waals surface area contributed by atoms with E-state index >= 15 is 0 Å². The number of amides is 1. The smallest absolute Gasteiger partial charge is 0.471 e. The van der Waals surface area contributed by atoms with Crippen molar-refractivity contribution < 1.29 is 36.6 Å². The van der Waals surface area contributed by atoms with Crippen LogP contribution < -0.4 is 5.32 Å². The number of halogens is 5. The van der Waals surface area contributed by atoms with Crippen LogP contribution in [0.1, 0.15) is 13.8 Å². The Morgan fingerprint density at radius 1 is 1.12 bits per heavy atom. The molecule has 0 bridgehead atoms. The predicted molar refractivity (Wildman–Crippen MR) is 45.4 cm³/mol. The Kier molecular flexibility index (Phi) is 4.44. The summed E-state index contributed by atoms with van der Waals surface area (Å²) in [6, 6.07) is -2.44. The second kappa shape index (κ2) is 4.84. The molecule has 0 heterocycles. The van der Waals surface area contributed by atoms with Gasteiger partial charge in [0, 0.05) is 0 Å². The average molecular weight is 263 g/mol. The fraction of sp³-hybridized carbons (Fsp3) is 0.750. The molecule has 0 rings (SSSR count). The zero-order valence-corrected chi connectivity index (χ0v) is 8.81. The molecule has 0 saturated heterocycles. The molecule has 2 N–H and O–H groups in total. The van der Waals surface area contributed by atoms with E-state index in [2.05, 4.69) is 0 Å². The van der Waals surface area contributed by atoms with Crippen LogP contribution in [-0.2, 0) is 9.59 Å².